The van der Waals surface area contributed by atoms with Crippen LogP contribution in [0.15, 0.2) is 36.8 Å². The third-order valence-corrected chi connectivity index (χ3v) is 3.51. The van der Waals surface area contributed by atoms with Gasteiger partial charge in [0.15, 0.2) is 0 Å². The van der Waals surface area contributed by atoms with Gasteiger partial charge in [0.05, 0.1) is 6.33 Å². The number of hydrogen-bond donors (Lipinski definition) is 1. The normalized spacial score (nSPS) is 16.8. The fraction of sp³-hybridized carbons (Fsp3) is 0.357. The molecule has 1 aliphatic rings. The molecule has 0 amide bonds. The highest BCUT2D eigenvalue weighted by Gasteiger charge is 2.17. The molecule has 1 aromatic heterocycles. The van der Waals surface area contributed by atoms with Crippen molar-refractivity contribution in [1.82, 2.24) is 14.9 Å². The summed E-state index contributed by atoms with van der Waals surface area (Å²) in [5.74, 6) is -0.179. The number of anilines is 1. The Hall–Kier alpha value is -1.88. The molecular weight excluding hydrogens is 243 g/mol. The third kappa shape index (κ3) is 2.93. The van der Waals surface area contributed by atoms with Crippen LogP contribution in [0.3, 0.4) is 0 Å². The zero-order valence-corrected chi connectivity index (χ0v) is 10.7. The molecule has 2 heterocycles. The number of rotatable bonds is 3. The minimum absolute atomic E-state index is 0.179. The Kier molecular flexibility index (Phi) is 3.46. The lowest BCUT2D eigenvalue weighted by Crippen LogP contribution is -2.46. The van der Waals surface area contributed by atoms with Gasteiger partial charge in [-0.2, -0.15) is 0 Å². The monoisotopic (exact) mass is 260 g/mol. The van der Waals surface area contributed by atoms with Crippen LogP contribution in [0.5, 0.6) is 0 Å². The van der Waals surface area contributed by atoms with E-state index in [0.717, 1.165) is 44.1 Å². The predicted molar refractivity (Wildman–Crippen MR) is 72.5 cm³/mol. The van der Waals surface area contributed by atoms with Gasteiger partial charge in [0.25, 0.3) is 0 Å². The first-order chi connectivity index (χ1) is 9.31. The summed E-state index contributed by atoms with van der Waals surface area (Å²) in [6.45, 7) is 4.88. The van der Waals surface area contributed by atoms with Crippen LogP contribution in [-0.2, 0) is 6.54 Å². The third-order valence-electron chi connectivity index (χ3n) is 3.51. The van der Waals surface area contributed by atoms with E-state index in [9.17, 15) is 4.39 Å². The van der Waals surface area contributed by atoms with E-state index in [2.05, 4.69) is 19.8 Å². The van der Waals surface area contributed by atoms with Crippen molar-refractivity contribution in [3.8, 4) is 0 Å². The molecule has 19 heavy (non-hydrogen) atoms. The van der Waals surface area contributed by atoms with Crippen molar-refractivity contribution in [2.75, 3.05) is 31.1 Å². The van der Waals surface area contributed by atoms with Crippen molar-refractivity contribution in [1.29, 1.82) is 0 Å². The van der Waals surface area contributed by atoms with Gasteiger partial charge in [-0.25, -0.2) is 9.37 Å². The molecule has 0 unspecified atom stereocenters. The van der Waals surface area contributed by atoms with Crippen LogP contribution >= 0.6 is 0 Å². The Morgan fingerprint density at radius 1 is 1.11 bits per heavy atom. The van der Waals surface area contributed by atoms with E-state index >= 15 is 0 Å². The highest BCUT2D eigenvalue weighted by molar-refractivity contribution is 5.46. The van der Waals surface area contributed by atoms with Gasteiger partial charge in [-0.3, -0.25) is 4.90 Å². The zero-order valence-electron chi connectivity index (χ0n) is 10.7. The van der Waals surface area contributed by atoms with Crippen molar-refractivity contribution >= 4 is 5.69 Å². The summed E-state index contributed by atoms with van der Waals surface area (Å²) >= 11 is 0. The van der Waals surface area contributed by atoms with Gasteiger partial charge in [-0.15, -0.1) is 0 Å². The molecule has 2 aromatic rings. The Morgan fingerprint density at radius 2 is 1.84 bits per heavy atom. The van der Waals surface area contributed by atoms with Crippen LogP contribution in [0, 0.1) is 5.82 Å². The SMILES string of the molecule is Fc1ccc(N2CCN(Cc3cnc[nH]3)CC2)cc1. The van der Waals surface area contributed by atoms with Crippen LogP contribution in [0.1, 0.15) is 5.69 Å². The number of H-pyrrole nitrogens is 1. The highest BCUT2D eigenvalue weighted by Crippen LogP contribution is 2.17. The minimum Gasteiger partial charge on any atom is -0.369 e. The van der Waals surface area contributed by atoms with E-state index in [1.165, 1.54) is 12.1 Å². The summed E-state index contributed by atoms with van der Waals surface area (Å²) in [4.78, 5) is 11.8. The quantitative estimate of drug-likeness (QED) is 0.915. The molecule has 3 rings (SSSR count). The second-order valence-corrected chi connectivity index (χ2v) is 4.82. The van der Waals surface area contributed by atoms with Crippen LogP contribution in [0.25, 0.3) is 0 Å². The molecule has 5 heteroatoms. The number of imidazole rings is 1. The second-order valence-electron chi connectivity index (χ2n) is 4.82. The Balaban J connectivity index is 1.56. The average Bonchev–Trinajstić information content (AvgIpc) is 2.94. The van der Waals surface area contributed by atoms with Crippen molar-refractivity contribution in [3.63, 3.8) is 0 Å². The first-order valence-corrected chi connectivity index (χ1v) is 6.51. The number of benzene rings is 1. The summed E-state index contributed by atoms with van der Waals surface area (Å²) in [5, 5.41) is 0. The molecule has 100 valence electrons. The maximum Gasteiger partial charge on any atom is 0.123 e. The van der Waals surface area contributed by atoms with Gasteiger partial charge in [0, 0.05) is 50.3 Å². The van der Waals surface area contributed by atoms with Gasteiger partial charge < -0.3 is 9.88 Å². The molecule has 0 atom stereocenters. The summed E-state index contributed by atoms with van der Waals surface area (Å²) in [6.07, 6.45) is 3.58. The molecule has 4 nitrogen and oxygen atoms in total. The number of nitrogens with zero attached hydrogens (tertiary/aromatic N) is 3. The first kappa shape index (κ1) is 12.2. The van der Waals surface area contributed by atoms with Crippen molar-refractivity contribution in [2.24, 2.45) is 0 Å². The lowest BCUT2D eigenvalue weighted by molar-refractivity contribution is 0.247. The largest absolute Gasteiger partial charge is 0.369 e. The van der Waals surface area contributed by atoms with Crippen molar-refractivity contribution in [2.45, 2.75) is 6.54 Å². The van der Waals surface area contributed by atoms with E-state index in [4.69, 9.17) is 0 Å². The first-order valence-electron chi connectivity index (χ1n) is 6.51. The summed E-state index contributed by atoms with van der Waals surface area (Å²) in [7, 11) is 0. The average molecular weight is 260 g/mol. The van der Waals surface area contributed by atoms with Crippen LogP contribution in [-0.4, -0.2) is 41.0 Å². The lowest BCUT2D eigenvalue weighted by Gasteiger charge is -2.35. The number of aromatic nitrogens is 2. The molecule has 1 aromatic carbocycles. The van der Waals surface area contributed by atoms with Crippen LogP contribution in [0.2, 0.25) is 0 Å². The van der Waals surface area contributed by atoms with Gasteiger partial charge in [0.2, 0.25) is 0 Å². The molecule has 0 bridgehead atoms. The van der Waals surface area contributed by atoms with E-state index in [1.807, 2.05) is 18.3 Å². The smallest absolute Gasteiger partial charge is 0.123 e. The fourth-order valence-electron chi connectivity index (χ4n) is 2.43. The fourth-order valence-corrected chi connectivity index (χ4v) is 2.43. The van der Waals surface area contributed by atoms with Crippen molar-refractivity contribution in [3.05, 3.63) is 48.3 Å². The molecule has 0 spiro atoms. The van der Waals surface area contributed by atoms with Gasteiger partial charge in [0.1, 0.15) is 5.82 Å². The van der Waals surface area contributed by atoms with E-state index < -0.39 is 0 Å². The topological polar surface area (TPSA) is 35.2 Å². The molecule has 1 N–H and O–H groups in total. The number of nitrogens with one attached hydrogen (secondary N) is 1. The van der Waals surface area contributed by atoms with E-state index in [0.29, 0.717) is 0 Å². The highest BCUT2D eigenvalue weighted by atomic mass is 19.1. The molecule has 1 fully saturated rings. The maximum absolute atomic E-state index is 12.9. The number of hydrogen-bond acceptors (Lipinski definition) is 3. The molecule has 1 aliphatic heterocycles. The van der Waals surface area contributed by atoms with Crippen LogP contribution < -0.4 is 4.90 Å². The van der Waals surface area contributed by atoms with Gasteiger partial charge in [-0.1, -0.05) is 0 Å². The molecular formula is C14H17FN4. The Bertz CT molecular complexity index is 501. The van der Waals surface area contributed by atoms with Crippen LogP contribution in [0.4, 0.5) is 10.1 Å². The predicted octanol–water partition coefficient (Wildman–Crippen LogP) is 1.87. The zero-order chi connectivity index (χ0) is 13.1. The summed E-state index contributed by atoms with van der Waals surface area (Å²) in [6, 6.07) is 6.73. The minimum atomic E-state index is -0.179. The lowest BCUT2D eigenvalue weighted by atomic mass is 10.2. The van der Waals surface area contributed by atoms with Gasteiger partial charge >= 0.3 is 0 Å². The maximum atomic E-state index is 12.9. The number of piperazine rings is 1. The standard InChI is InChI=1S/C14H17FN4/c15-12-1-3-14(4-2-12)19-7-5-18(6-8-19)10-13-9-16-11-17-13/h1-4,9,11H,5-8,10H2,(H,16,17). The Morgan fingerprint density at radius 3 is 2.47 bits per heavy atom. The van der Waals surface area contributed by atoms with E-state index in [1.54, 1.807) is 6.33 Å². The molecule has 0 radical (unpaired) electrons. The summed E-state index contributed by atoms with van der Waals surface area (Å²) < 4.78 is 12.9. The molecule has 1 saturated heterocycles. The summed E-state index contributed by atoms with van der Waals surface area (Å²) in [5.41, 5.74) is 2.25. The molecule has 0 saturated carbocycles. The number of aromatic amines is 1. The van der Waals surface area contributed by atoms with E-state index in [-0.39, 0.29) is 5.82 Å². The Labute approximate surface area is 111 Å². The van der Waals surface area contributed by atoms with Crippen molar-refractivity contribution < 1.29 is 4.39 Å². The number of halogens is 1. The second kappa shape index (κ2) is 5.40. The molecule has 0 aliphatic carbocycles. The van der Waals surface area contributed by atoms with Gasteiger partial charge in [-0.05, 0) is 24.3 Å².